The van der Waals surface area contributed by atoms with Crippen LogP contribution in [0.1, 0.15) is 13.8 Å². The topological polar surface area (TPSA) is 69.7 Å². The van der Waals surface area contributed by atoms with Crippen LogP contribution in [0.5, 0.6) is 0 Å². The monoisotopic (exact) mass is 190 g/mol. The lowest BCUT2D eigenvalue weighted by molar-refractivity contribution is -0.184. The van der Waals surface area contributed by atoms with E-state index < -0.39 is 18.2 Å². The van der Waals surface area contributed by atoms with Crippen LogP contribution in [0.4, 0.5) is 0 Å². The molecule has 0 unspecified atom stereocenters. The maximum Gasteiger partial charge on any atom is 0.306 e. The van der Waals surface area contributed by atoms with E-state index in [0.717, 1.165) is 13.8 Å². The minimum absolute atomic E-state index is 0. The summed E-state index contributed by atoms with van der Waals surface area (Å²) in [6.45, 7) is 2.22. The number of aldehydes is 1. The van der Waals surface area contributed by atoms with Crippen molar-refractivity contribution in [1.82, 2.24) is 0 Å². The molecule has 12 heavy (non-hydrogen) atoms. The summed E-state index contributed by atoms with van der Waals surface area (Å²) in [5.74, 6) is -1.35. The number of esters is 2. The lowest BCUT2D eigenvalue weighted by Gasteiger charge is -2.08. The summed E-state index contributed by atoms with van der Waals surface area (Å²) in [5.41, 5.74) is 0. The Bertz CT molecular complexity index is 163. The molecule has 0 heterocycles. The Morgan fingerprint density at radius 2 is 1.50 bits per heavy atom. The van der Waals surface area contributed by atoms with E-state index in [1.54, 1.807) is 0 Å². The van der Waals surface area contributed by atoms with E-state index in [2.05, 4.69) is 9.47 Å². The fraction of sp³-hybridized carbons (Fsp3) is 0.500. The number of carbonyl (C=O) groups is 3. The van der Waals surface area contributed by atoms with Gasteiger partial charge in [-0.2, -0.15) is 0 Å². The van der Waals surface area contributed by atoms with Crippen LogP contribution in [-0.4, -0.2) is 41.9 Å². The van der Waals surface area contributed by atoms with E-state index in [1.165, 1.54) is 0 Å². The van der Waals surface area contributed by atoms with Gasteiger partial charge in [0.25, 0.3) is 0 Å². The molecule has 0 spiro atoms. The number of ether oxygens (including phenoxy) is 2. The number of rotatable bonds is 3. The molecule has 0 radical (unpaired) electrons. The van der Waals surface area contributed by atoms with Crippen molar-refractivity contribution in [3.8, 4) is 0 Å². The molecule has 0 saturated heterocycles. The van der Waals surface area contributed by atoms with Gasteiger partial charge in [-0.15, -0.1) is 0 Å². The molecule has 6 heteroatoms. The Labute approximate surface area is 80.1 Å². The molecule has 68 valence electrons. The third kappa shape index (κ3) is 7.25. The van der Waals surface area contributed by atoms with Gasteiger partial charge in [0.2, 0.25) is 6.29 Å². The quantitative estimate of drug-likeness (QED) is 0.233. The number of carbonyl (C=O) groups excluding carboxylic acids is 3. The summed E-state index contributed by atoms with van der Waals surface area (Å²) in [4.78, 5) is 30.5. The zero-order chi connectivity index (χ0) is 8.85. The predicted molar refractivity (Wildman–Crippen MR) is 43.3 cm³/mol. The highest BCUT2D eigenvalue weighted by Gasteiger charge is 2.12. The molecule has 0 N–H and O–H groups in total. The second kappa shape index (κ2) is 6.83. The summed E-state index contributed by atoms with van der Waals surface area (Å²) in [5, 5.41) is 0. The van der Waals surface area contributed by atoms with Gasteiger partial charge in [-0.1, -0.05) is 0 Å². The molecule has 0 bridgehead atoms. The van der Waals surface area contributed by atoms with Gasteiger partial charge < -0.3 is 9.47 Å². The maximum absolute atomic E-state index is 10.2. The summed E-state index contributed by atoms with van der Waals surface area (Å²) in [6, 6.07) is 0. The molecular weight excluding hydrogens is 179 g/mol. The van der Waals surface area contributed by atoms with Crippen LogP contribution in [0.3, 0.4) is 0 Å². The highest BCUT2D eigenvalue weighted by molar-refractivity contribution is 5.75. The third-order valence-corrected chi connectivity index (χ3v) is 0.675. The van der Waals surface area contributed by atoms with E-state index in [-0.39, 0.29) is 23.6 Å². The van der Waals surface area contributed by atoms with Crippen molar-refractivity contribution in [1.29, 1.82) is 0 Å². The van der Waals surface area contributed by atoms with Gasteiger partial charge in [-0.05, 0) is 0 Å². The molecule has 0 aliphatic heterocycles. The minimum atomic E-state index is -1.41. The number of hydrogen-bond donors (Lipinski definition) is 0. The van der Waals surface area contributed by atoms with Crippen LogP contribution in [0.15, 0.2) is 0 Å². The smallest absolute Gasteiger partial charge is 0.306 e. The molecular formula is C6H11AlO5. The van der Waals surface area contributed by atoms with Crippen LogP contribution in [-0.2, 0) is 23.9 Å². The Balaban J connectivity index is 0. The minimum Gasteiger partial charge on any atom is -0.418 e. The van der Waals surface area contributed by atoms with Crippen molar-refractivity contribution in [2.24, 2.45) is 0 Å². The van der Waals surface area contributed by atoms with E-state index in [1.807, 2.05) is 0 Å². The molecule has 0 saturated carbocycles. The van der Waals surface area contributed by atoms with Gasteiger partial charge in [0.15, 0.2) is 17.4 Å². The second-order valence-electron chi connectivity index (χ2n) is 1.72. The molecule has 0 fully saturated rings. The van der Waals surface area contributed by atoms with Crippen molar-refractivity contribution < 1.29 is 23.9 Å². The molecule has 0 rings (SSSR count). The van der Waals surface area contributed by atoms with Crippen molar-refractivity contribution in [2.45, 2.75) is 20.1 Å². The standard InChI is InChI=1S/C6H8O5.Al.3H/c1-4(8)10-6(3-7)11-5(2)9;;;;/h3,6H,1-2H3;;;;. The van der Waals surface area contributed by atoms with E-state index in [4.69, 9.17) is 0 Å². The summed E-state index contributed by atoms with van der Waals surface area (Å²) < 4.78 is 8.52. The first kappa shape index (κ1) is 13.7. The first-order valence-electron chi connectivity index (χ1n) is 2.86. The zero-order valence-electron chi connectivity index (χ0n) is 6.20. The highest BCUT2D eigenvalue weighted by Crippen LogP contribution is 1.91. The summed E-state index contributed by atoms with van der Waals surface area (Å²) >= 11 is 0. The molecule has 0 aromatic heterocycles. The normalized spacial score (nSPS) is 8.25. The zero-order valence-corrected chi connectivity index (χ0v) is 6.20. The Kier molecular flexibility index (Phi) is 7.80. The SMILES string of the molecule is CC(=O)OC(C=O)OC(C)=O.[AlH3]. The van der Waals surface area contributed by atoms with Gasteiger partial charge in [-0.25, -0.2) is 0 Å². The van der Waals surface area contributed by atoms with Gasteiger partial charge >= 0.3 is 18.2 Å². The maximum atomic E-state index is 10.2. The fourth-order valence-corrected chi connectivity index (χ4v) is 0.407. The number of hydrogen-bond acceptors (Lipinski definition) is 5. The van der Waals surface area contributed by atoms with Crippen LogP contribution < -0.4 is 0 Å². The molecule has 0 aliphatic rings. The van der Waals surface area contributed by atoms with Gasteiger partial charge in [-0.3, -0.25) is 14.4 Å². The van der Waals surface area contributed by atoms with Crippen LogP contribution in [0, 0.1) is 0 Å². The van der Waals surface area contributed by atoms with Crippen LogP contribution in [0.2, 0.25) is 0 Å². The highest BCUT2D eigenvalue weighted by atomic mass is 27.0. The Morgan fingerprint density at radius 3 is 1.67 bits per heavy atom. The van der Waals surface area contributed by atoms with E-state index in [9.17, 15) is 14.4 Å². The largest absolute Gasteiger partial charge is 0.418 e. The molecule has 0 aromatic rings. The van der Waals surface area contributed by atoms with Crippen molar-refractivity contribution in [3.63, 3.8) is 0 Å². The van der Waals surface area contributed by atoms with Crippen LogP contribution >= 0.6 is 0 Å². The average Bonchev–Trinajstić information content (AvgIpc) is 1.84. The molecule has 0 aliphatic carbocycles. The van der Waals surface area contributed by atoms with Gasteiger partial charge in [0.1, 0.15) is 0 Å². The predicted octanol–water partition coefficient (Wildman–Crippen LogP) is -1.55. The van der Waals surface area contributed by atoms with Crippen LogP contribution in [0.25, 0.3) is 0 Å². The lowest BCUT2D eigenvalue weighted by Crippen LogP contribution is -2.23. The summed E-state index contributed by atoms with van der Waals surface area (Å²) in [6.07, 6.45) is -1.19. The average molecular weight is 190 g/mol. The van der Waals surface area contributed by atoms with Crippen molar-refractivity contribution >= 4 is 35.6 Å². The molecule has 0 atom stereocenters. The Morgan fingerprint density at radius 1 is 1.17 bits per heavy atom. The van der Waals surface area contributed by atoms with Gasteiger partial charge in [0.05, 0.1) is 0 Å². The summed E-state index contributed by atoms with van der Waals surface area (Å²) in [7, 11) is 0. The first-order chi connectivity index (χ1) is 5.06. The molecule has 5 nitrogen and oxygen atoms in total. The fourth-order valence-electron chi connectivity index (χ4n) is 0.407. The van der Waals surface area contributed by atoms with E-state index >= 15 is 0 Å². The van der Waals surface area contributed by atoms with Crippen molar-refractivity contribution in [3.05, 3.63) is 0 Å². The Hall–Kier alpha value is -0.858. The molecule has 0 aromatic carbocycles. The first-order valence-corrected chi connectivity index (χ1v) is 2.86. The van der Waals surface area contributed by atoms with E-state index in [0.29, 0.717) is 0 Å². The molecule has 0 amide bonds. The van der Waals surface area contributed by atoms with Crippen molar-refractivity contribution in [2.75, 3.05) is 0 Å². The third-order valence-electron chi connectivity index (χ3n) is 0.675. The second-order valence-corrected chi connectivity index (χ2v) is 1.72. The van der Waals surface area contributed by atoms with Gasteiger partial charge in [0, 0.05) is 13.8 Å². The lowest BCUT2D eigenvalue weighted by atomic mass is 10.6.